The Bertz CT molecular complexity index is 676. The molecule has 1 fully saturated rings. The van der Waals surface area contributed by atoms with E-state index in [9.17, 15) is 15.3 Å². The van der Waals surface area contributed by atoms with Crippen molar-refractivity contribution in [2.75, 3.05) is 18.5 Å². The van der Waals surface area contributed by atoms with E-state index in [0.717, 1.165) is 12.1 Å². The Morgan fingerprint density at radius 2 is 2.18 bits per heavy atom. The fraction of sp³-hybridized carbons (Fsp3) is 0.571. The second-order valence-corrected chi connectivity index (χ2v) is 5.54. The Morgan fingerprint density at radius 3 is 2.82 bits per heavy atom. The van der Waals surface area contributed by atoms with Crippen molar-refractivity contribution in [3.05, 3.63) is 24.2 Å². The molecule has 22 heavy (non-hydrogen) atoms. The van der Waals surface area contributed by atoms with Gasteiger partial charge in [-0.05, 0) is 26.0 Å². The van der Waals surface area contributed by atoms with Crippen molar-refractivity contribution in [2.24, 2.45) is 0 Å². The van der Waals surface area contributed by atoms with Crippen LogP contribution in [0.4, 0.5) is 5.82 Å². The Labute approximate surface area is 127 Å². The Balaban J connectivity index is 2.09. The quantitative estimate of drug-likeness (QED) is 0.602. The predicted molar refractivity (Wildman–Crippen MR) is 78.5 cm³/mol. The summed E-state index contributed by atoms with van der Waals surface area (Å²) in [6.07, 6.45) is -1.74. The van der Waals surface area contributed by atoms with Crippen LogP contribution in [0.15, 0.2) is 18.5 Å². The zero-order chi connectivity index (χ0) is 15.9. The van der Waals surface area contributed by atoms with Crippen LogP contribution in [-0.4, -0.2) is 61.4 Å². The zero-order valence-corrected chi connectivity index (χ0v) is 12.5. The first-order valence-electron chi connectivity index (χ1n) is 7.24. The van der Waals surface area contributed by atoms with E-state index >= 15 is 0 Å². The van der Waals surface area contributed by atoms with E-state index in [2.05, 4.69) is 15.4 Å². The number of aliphatic hydroxyl groups is 3. The maximum Gasteiger partial charge on any atom is 0.153 e. The first-order chi connectivity index (χ1) is 10.5. The minimum absolute atomic E-state index is 0.366. The molecule has 2 aromatic heterocycles. The molecule has 0 bridgehead atoms. The van der Waals surface area contributed by atoms with E-state index in [0.29, 0.717) is 11.5 Å². The number of hydrogen-bond acceptors (Lipinski definition) is 7. The van der Waals surface area contributed by atoms with Gasteiger partial charge >= 0.3 is 0 Å². The average Bonchev–Trinajstić information content (AvgIpc) is 3.04. The number of hydrogen-bond donors (Lipinski definition) is 4. The molecule has 8 heteroatoms. The standard InChI is InChI=1S/C14H20N4O4/c1-3-15-13-8-4-5-10(18(8)17-7-16-13)14(2)12(21)11(20)9(6-19)22-14/h4-5,7,9,11-12,19-21H,3,6H2,1-2H3,(H,15,16,17)/t9?,11-,12-,14+/m1/s1. The van der Waals surface area contributed by atoms with Gasteiger partial charge in [0.15, 0.2) is 5.82 Å². The van der Waals surface area contributed by atoms with Gasteiger partial charge in [-0.1, -0.05) is 0 Å². The molecule has 1 unspecified atom stereocenters. The molecule has 120 valence electrons. The fourth-order valence-electron chi connectivity index (χ4n) is 2.95. The molecule has 0 aliphatic carbocycles. The molecule has 1 aliphatic heterocycles. The van der Waals surface area contributed by atoms with Gasteiger partial charge in [0.05, 0.1) is 12.3 Å². The average molecular weight is 308 g/mol. The molecular formula is C14H20N4O4. The van der Waals surface area contributed by atoms with Gasteiger partial charge in [-0.25, -0.2) is 9.50 Å². The Kier molecular flexibility index (Phi) is 3.77. The van der Waals surface area contributed by atoms with E-state index in [1.165, 1.54) is 6.33 Å². The van der Waals surface area contributed by atoms with Gasteiger partial charge in [0, 0.05) is 6.54 Å². The van der Waals surface area contributed by atoms with Crippen molar-refractivity contribution >= 4 is 11.3 Å². The summed E-state index contributed by atoms with van der Waals surface area (Å²) in [6, 6.07) is 3.61. The highest BCUT2D eigenvalue weighted by atomic mass is 16.6. The summed E-state index contributed by atoms with van der Waals surface area (Å²) in [5.41, 5.74) is 0.168. The second kappa shape index (κ2) is 5.47. The van der Waals surface area contributed by atoms with Gasteiger partial charge in [-0.15, -0.1) is 0 Å². The van der Waals surface area contributed by atoms with Crippen molar-refractivity contribution in [2.45, 2.75) is 37.8 Å². The first kappa shape index (κ1) is 15.2. The van der Waals surface area contributed by atoms with E-state index in [-0.39, 0.29) is 6.61 Å². The highest BCUT2D eigenvalue weighted by Crippen LogP contribution is 2.40. The molecule has 1 aliphatic rings. The van der Waals surface area contributed by atoms with E-state index in [1.807, 2.05) is 13.0 Å². The summed E-state index contributed by atoms with van der Waals surface area (Å²) >= 11 is 0. The molecule has 3 heterocycles. The van der Waals surface area contributed by atoms with Gasteiger partial charge in [0.25, 0.3) is 0 Å². The first-order valence-corrected chi connectivity index (χ1v) is 7.24. The van der Waals surface area contributed by atoms with Crippen LogP contribution in [0.25, 0.3) is 5.52 Å². The van der Waals surface area contributed by atoms with Crippen LogP contribution in [-0.2, 0) is 10.3 Å². The van der Waals surface area contributed by atoms with E-state index in [1.54, 1.807) is 17.5 Å². The normalized spacial score (nSPS) is 31.8. The third kappa shape index (κ3) is 2.07. The number of nitrogens with zero attached hydrogens (tertiary/aromatic N) is 3. The van der Waals surface area contributed by atoms with Crippen molar-refractivity contribution in [3.63, 3.8) is 0 Å². The monoisotopic (exact) mass is 308 g/mol. The molecule has 3 rings (SSSR count). The lowest BCUT2D eigenvalue weighted by atomic mass is 9.93. The number of ether oxygens (including phenoxy) is 1. The molecule has 4 atom stereocenters. The van der Waals surface area contributed by atoms with Gasteiger partial charge < -0.3 is 25.4 Å². The summed E-state index contributed by atoms with van der Waals surface area (Å²) in [6.45, 7) is 3.99. The zero-order valence-electron chi connectivity index (χ0n) is 12.5. The number of aromatic nitrogens is 3. The molecule has 0 saturated carbocycles. The third-order valence-corrected chi connectivity index (χ3v) is 4.15. The van der Waals surface area contributed by atoms with Gasteiger partial charge in [-0.3, -0.25) is 0 Å². The molecule has 0 radical (unpaired) electrons. The molecular weight excluding hydrogens is 288 g/mol. The molecule has 0 amide bonds. The number of nitrogens with one attached hydrogen (secondary N) is 1. The number of rotatable bonds is 4. The molecule has 0 aromatic carbocycles. The highest BCUT2D eigenvalue weighted by Gasteiger charge is 2.53. The van der Waals surface area contributed by atoms with Crippen LogP contribution in [0.1, 0.15) is 19.5 Å². The minimum atomic E-state index is -1.17. The maximum atomic E-state index is 10.4. The van der Waals surface area contributed by atoms with Crippen LogP contribution in [0.5, 0.6) is 0 Å². The Hall–Kier alpha value is -1.74. The summed E-state index contributed by atoms with van der Waals surface area (Å²) in [7, 11) is 0. The SMILES string of the molecule is CCNc1ncnn2c([C@]3(C)OC(CO)[C@@H](O)[C@H]3O)ccc12. The molecule has 8 nitrogen and oxygen atoms in total. The van der Waals surface area contributed by atoms with Crippen molar-refractivity contribution in [1.82, 2.24) is 14.6 Å². The predicted octanol–water partition coefficient (Wildman–Crippen LogP) is -0.511. The maximum absolute atomic E-state index is 10.4. The lowest BCUT2D eigenvalue weighted by Crippen LogP contribution is -2.39. The van der Waals surface area contributed by atoms with Crippen LogP contribution in [0.2, 0.25) is 0 Å². The summed E-state index contributed by atoms with van der Waals surface area (Å²) in [5.74, 6) is 0.680. The van der Waals surface area contributed by atoms with E-state index in [4.69, 9.17) is 4.74 Å². The number of aliphatic hydroxyl groups excluding tert-OH is 3. The van der Waals surface area contributed by atoms with Crippen LogP contribution >= 0.6 is 0 Å². The van der Waals surface area contributed by atoms with Gasteiger partial charge in [0.1, 0.15) is 35.8 Å². The second-order valence-electron chi connectivity index (χ2n) is 5.54. The molecule has 1 saturated heterocycles. The van der Waals surface area contributed by atoms with Crippen molar-refractivity contribution < 1.29 is 20.1 Å². The number of fused-ring (bicyclic) bond motifs is 1. The van der Waals surface area contributed by atoms with Crippen molar-refractivity contribution in [3.8, 4) is 0 Å². The topological polar surface area (TPSA) is 112 Å². The summed E-state index contributed by atoms with van der Waals surface area (Å²) < 4.78 is 7.35. The summed E-state index contributed by atoms with van der Waals surface area (Å²) in [5, 5.41) is 37.0. The third-order valence-electron chi connectivity index (χ3n) is 4.15. The lowest BCUT2D eigenvalue weighted by molar-refractivity contribution is -0.0890. The largest absolute Gasteiger partial charge is 0.394 e. The number of anilines is 1. The van der Waals surface area contributed by atoms with Gasteiger partial charge in [0.2, 0.25) is 0 Å². The van der Waals surface area contributed by atoms with Crippen LogP contribution < -0.4 is 5.32 Å². The lowest BCUT2D eigenvalue weighted by Gasteiger charge is -2.27. The van der Waals surface area contributed by atoms with Gasteiger partial charge in [-0.2, -0.15) is 5.10 Å². The van der Waals surface area contributed by atoms with Crippen molar-refractivity contribution in [1.29, 1.82) is 0 Å². The fourth-order valence-corrected chi connectivity index (χ4v) is 2.95. The minimum Gasteiger partial charge on any atom is -0.394 e. The highest BCUT2D eigenvalue weighted by molar-refractivity contribution is 5.68. The molecule has 0 spiro atoms. The molecule has 4 N–H and O–H groups in total. The van der Waals surface area contributed by atoms with Crippen LogP contribution in [0.3, 0.4) is 0 Å². The van der Waals surface area contributed by atoms with Crippen LogP contribution in [0, 0.1) is 0 Å². The summed E-state index contributed by atoms with van der Waals surface area (Å²) in [4.78, 5) is 4.19. The smallest absolute Gasteiger partial charge is 0.153 e. The van der Waals surface area contributed by atoms with E-state index < -0.39 is 23.9 Å². The Morgan fingerprint density at radius 1 is 1.41 bits per heavy atom. The molecule has 2 aromatic rings.